The minimum Gasteiger partial charge on any atom is -0.480 e. The lowest BCUT2D eigenvalue weighted by atomic mass is 9.84. The Hall–Kier alpha value is -1.19. The van der Waals surface area contributed by atoms with E-state index in [4.69, 9.17) is 5.11 Å². The van der Waals surface area contributed by atoms with E-state index in [1.165, 1.54) is 6.92 Å². The number of hydrogen-bond donors (Lipinski definition) is 2. The van der Waals surface area contributed by atoms with Gasteiger partial charge in [0, 0.05) is 6.54 Å². The van der Waals surface area contributed by atoms with Crippen molar-refractivity contribution in [2.75, 3.05) is 19.3 Å². The summed E-state index contributed by atoms with van der Waals surface area (Å²) < 4.78 is 24.6. The van der Waals surface area contributed by atoms with Crippen molar-refractivity contribution in [3.8, 4) is 0 Å². The third kappa shape index (κ3) is 2.09. The zero-order valence-corrected chi connectivity index (χ0v) is 12.1. The number of sulfonamides is 1. The van der Waals surface area contributed by atoms with E-state index in [2.05, 4.69) is 0 Å². The molecule has 0 aromatic heterocycles. The first-order valence-corrected chi connectivity index (χ1v) is 8.16. The zero-order chi connectivity index (χ0) is 15.3. The molecule has 0 bridgehead atoms. The molecule has 2 heterocycles. The molecule has 1 amide bonds. The smallest absolute Gasteiger partial charge is 0.329 e. The molecule has 2 saturated heterocycles. The van der Waals surface area contributed by atoms with Crippen LogP contribution < -0.4 is 0 Å². The number of aliphatic hydroxyl groups excluding tert-OH is 1. The van der Waals surface area contributed by atoms with Gasteiger partial charge in [-0.15, -0.1) is 0 Å². The van der Waals surface area contributed by atoms with E-state index in [-0.39, 0.29) is 13.1 Å². The number of amides is 1. The Morgan fingerprint density at radius 1 is 1.45 bits per heavy atom. The number of carboxylic acid groups (broad SMARTS) is 1. The van der Waals surface area contributed by atoms with Crippen molar-refractivity contribution in [3.63, 3.8) is 0 Å². The van der Waals surface area contributed by atoms with E-state index in [0.29, 0.717) is 12.8 Å². The largest absolute Gasteiger partial charge is 0.480 e. The van der Waals surface area contributed by atoms with Crippen molar-refractivity contribution in [3.05, 3.63) is 0 Å². The van der Waals surface area contributed by atoms with E-state index in [1.54, 1.807) is 0 Å². The molecule has 2 rings (SSSR count). The molecule has 1 spiro atoms. The van der Waals surface area contributed by atoms with Crippen LogP contribution in [0.2, 0.25) is 0 Å². The Morgan fingerprint density at radius 2 is 2.05 bits per heavy atom. The molecular formula is C11H18N2O6S. The fourth-order valence-electron chi connectivity index (χ4n) is 3.13. The molecule has 0 radical (unpaired) electrons. The summed E-state index contributed by atoms with van der Waals surface area (Å²) in [7, 11) is -3.52. The number of carbonyl (C=O) groups is 2. The van der Waals surface area contributed by atoms with Gasteiger partial charge in [-0.05, 0) is 19.8 Å². The van der Waals surface area contributed by atoms with E-state index < -0.39 is 39.6 Å². The molecule has 114 valence electrons. The maximum Gasteiger partial charge on any atom is 0.329 e. The van der Waals surface area contributed by atoms with Gasteiger partial charge in [0.2, 0.25) is 15.9 Å². The molecule has 0 aliphatic carbocycles. The monoisotopic (exact) mass is 306 g/mol. The van der Waals surface area contributed by atoms with Crippen LogP contribution in [0.1, 0.15) is 19.8 Å². The average Bonchev–Trinajstić information content (AvgIpc) is 2.73. The van der Waals surface area contributed by atoms with Gasteiger partial charge in [-0.3, -0.25) is 4.79 Å². The van der Waals surface area contributed by atoms with Crippen LogP contribution >= 0.6 is 0 Å². The number of hydrogen-bond acceptors (Lipinski definition) is 5. The molecular weight excluding hydrogens is 288 g/mol. The minimum atomic E-state index is -3.52. The molecule has 2 aliphatic heterocycles. The number of β-lactam (4-membered cyclic amide) rings is 1. The highest BCUT2D eigenvalue weighted by atomic mass is 32.2. The topological polar surface area (TPSA) is 115 Å². The maximum absolute atomic E-state index is 12.3. The van der Waals surface area contributed by atoms with Crippen LogP contribution in [0.15, 0.2) is 0 Å². The SMILES string of the molecule is CC(O)C(C(=O)O)N1C[C@@]2(CCCN2S(C)(=O)=O)C1=O. The van der Waals surface area contributed by atoms with Crippen molar-refractivity contribution >= 4 is 21.9 Å². The van der Waals surface area contributed by atoms with Crippen molar-refractivity contribution < 1.29 is 28.2 Å². The molecule has 8 nitrogen and oxygen atoms in total. The van der Waals surface area contributed by atoms with Crippen LogP contribution in [0.4, 0.5) is 0 Å². The first-order chi connectivity index (χ1) is 9.11. The standard InChI is InChI=1S/C11H18N2O6S/c1-7(14)8(9(15)16)12-6-11(10(12)17)4-3-5-13(11)20(2,18)19/h7-8,14H,3-6H2,1-2H3,(H,15,16)/t7?,8?,11-/m0/s1. The van der Waals surface area contributed by atoms with Crippen molar-refractivity contribution in [1.29, 1.82) is 0 Å². The molecule has 0 saturated carbocycles. The first-order valence-electron chi connectivity index (χ1n) is 6.31. The quantitative estimate of drug-likeness (QED) is 0.608. The van der Waals surface area contributed by atoms with Crippen LogP contribution in [-0.4, -0.2) is 76.7 Å². The van der Waals surface area contributed by atoms with Crippen LogP contribution in [0.5, 0.6) is 0 Å². The lowest BCUT2D eigenvalue weighted by molar-refractivity contribution is -0.174. The second kappa shape index (κ2) is 4.68. The van der Waals surface area contributed by atoms with E-state index >= 15 is 0 Å². The van der Waals surface area contributed by atoms with Crippen molar-refractivity contribution in [1.82, 2.24) is 9.21 Å². The summed E-state index contributed by atoms with van der Waals surface area (Å²) in [4.78, 5) is 24.5. The molecule has 9 heteroatoms. The Morgan fingerprint density at radius 3 is 2.45 bits per heavy atom. The fraction of sp³-hybridized carbons (Fsp3) is 0.818. The third-order valence-corrected chi connectivity index (χ3v) is 5.30. The normalized spacial score (nSPS) is 30.4. The lowest BCUT2D eigenvalue weighted by Crippen LogP contribution is -2.76. The number of aliphatic carboxylic acids is 1. The van der Waals surface area contributed by atoms with Crippen LogP contribution in [0, 0.1) is 0 Å². The Labute approximate surface area is 117 Å². The van der Waals surface area contributed by atoms with Crippen LogP contribution in [0.3, 0.4) is 0 Å². The highest BCUT2D eigenvalue weighted by Gasteiger charge is 2.63. The predicted octanol–water partition coefficient (Wildman–Crippen LogP) is -1.54. The Kier molecular flexibility index (Phi) is 3.55. The summed E-state index contributed by atoms with van der Waals surface area (Å²) in [6.07, 6.45) is 0.780. The van der Waals surface area contributed by atoms with Gasteiger partial charge in [0.15, 0.2) is 6.04 Å². The van der Waals surface area contributed by atoms with Gasteiger partial charge >= 0.3 is 5.97 Å². The number of nitrogens with zero attached hydrogens (tertiary/aromatic N) is 2. The van der Waals surface area contributed by atoms with Crippen molar-refractivity contribution in [2.45, 2.75) is 37.5 Å². The predicted molar refractivity (Wildman–Crippen MR) is 68.3 cm³/mol. The summed E-state index contributed by atoms with van der Waals surface area (Å²) >= 11 is 0. The summed E-state index contributed by atoms with van der Waals surface area (Å²) in [5.74, 6) is -1.83. The zero-order valence-electron chi connectivity index (χ0n) is 11.3. The summed E-state index contributed by atoms with van der Waals surface area (Å²) in [6.45, 7) is 1.58. The van der Waals surface area contributed by atoms with Crippen LogP contribution in [-0.2, 0) is 19.6 Å². The minimum absolute atomic E-state index is 0.0147. The molecule has 3 atom stereocenters. The number of aliphatic hydroxyl groups is 1. The maximum atomic E-state index is 12.3. The van der Waals surface area contributed by atoms with Gasteiger partial charge in [0.05, 0.1) is 18.9 Å². The van der Waals surface area contributed by atoms with E-state index in [9.17, 15) is 23.1 Å². The number of carbonyl (C=O) groups excluding carboxylic acids is 1. The highest BCUT2D eigenvalue weighted by Crippen LogP contribution is 2.41. The Bertz CT molecular complexity index is 545. The van der Waals surface area contributed by atoms with Crippen molar-refractivity contribution in [2.24, 2.45) is 0 Å². The van der Waals surface area contributed by atoms with Gasteiger partial charge in [-0.1, -0.05) is 0 Å². The summed E-state index contributed by atoms with van der Waals surface area (Å²) in [6, 6.07) is -1.34. The average molecular weight is 306 g/mol. The van der Waals surface area contributed by atoms with Gasteiger partial charge in [-0.2, -0.15) is 4.31 Å². The second-order valence-electron chi connectivity index (χ2n) is 5.43. The number of carboxylic acids is 1. The fourth-order valence-corrected chi connectivity index (χ4v) is 4.45. The molecule has 2 fully saturated rings. The molecule has 2 N–H and O–H groups in total. The molecule has 2 unspecified atom stereocenters. The summed E-state index contributed by atoms with van der Waals surface area (Å²) in [5, 5.41) is 18.6. The third-order valence-electron chi connectivity index (χ3n) is 3.97. The molecule has 0 aromatic rings. The highest BCUT2D eigenvalue weighted by molar-refractivity contribution is 7.88. The summed E-state index contributed by atoms with van der Waals surface area (Å²) in [5.41, 5.74) is -1.14. The van der Waals surface area contributed by atoms with Gasteiger partial charge in [0.25, 0.3) is 0 Å². The van der Waals surface area contributed by atoms with Gasteiger partial charge < -0.3 is 15.1 Å². The molecule has 20 heavy (non-hydrogen) atoms. The second-order valence-corrected chi connectivity index (χ2v) is 7.33. The van der Waals surface area contributed by atoms with Gasteiger partial charge in [-0.25, -0.2) is 13.2 Å². The molecule has 0 aromatic carbocycles. The lowest BCUT2D eigenvalue weighted by Gasteiger charge is -2.52. The Balaban J connectivity index is 2.25. The first kappa shape index (κ1) is 15.2. The van der Waals surface area contributed by atoms with Gasteiger partial charge in [0.1, 0.15) is 5.54 Å². The number of rotatable bonds is 4. The van der Waals surface area contributed by atoms with E-state index in [1.807, 2.05) is 0 Å². The number of likely N-dealkylation sites (tertiary alicyclic amines) is 1. The van der Waals surface area contributed by atoms with E-state index in [0.717, 1.165) is 15.5 Å². The van der Waals surface area contributed by atoms with Crippen LogP contribution in [0.25, 0.3) is 0 Å². The molecule has 2 aliphatic rings.